The molecule has 2 aliphatic rings. The molecule has 1 unspecified atom stereocenters. The molecule has 0 aromatic carbocycles. The fourth-order valence-corrected chi connectivity index (χ4v) is 3.10. The number of hydrogen-bond donors (Lipinski definition) is 2. The average molecular weight is 361 g/mol. The summed E-state index contributed by atoms with van der Waals surface area (Å²) in [6.07, 6.45) is 6.42. The summed E-state index contributed by atoms with van der Waals surface area (Å²) in [4.78, 5) is 18.9. The SMILES string of the molecule is Cl.Cl.O=C(NCc1ccnc(N2CCCC2)c1)C1CCCNC1. The lowest BCUT2D eigenvalue weighted by molar-refractivity contribution is -0.125. The van der Waals surface area contributed by atoms with Crippen LogP contribution in [-0.4, -0.2) is 37.1 Å². The quantitative estimate of drug-likeness (QED) is 0.863. The zero-order chi connectivity index (χ0) is 14.5. The van der Waals surface area contributed by atoms with Crippen LogP contribution < -0.4 is 15.5 Å². The van der Waals surface area contributed by atoms with Crippen LogP contribution in [0.25, 0.3) is 0 Å². The van der Waals surface area contributed by atoms with Gasteiger partial charge in [0, 0.05) is 32.4 Å². The van der Waals surface area contributed by atoms with Gasteiger partial charge in [0.05, 0.1) is 5.92 Å². The van der Waals surface area contributed by atoms with Gasteiger partial charge in [0.25, 0.3) is 0 Å². The van der Waals surface area contributed by atoms with Crippen molar-refractivity contribution in [3.8, 4) is 0 Å². The van der Waals surface area contributed by atoms with Gasteiger partial charge in [0.2, 0.25) is 5.91 Å². The third-order valence-corrected chi connectivity index (χ3v) is 4.37. The topological polar surface area (TPSA) is 57.3 Å². The summed E-state index contributed by atoms with van der Waals surface area (Å²) in [6, 6.07) is 4.09. The first-order chi connectivity index (χ1) is 10.3. The van der Waals surface area contributed by atoms with E-state index in [0.717, 1.165) is 50.4 Å². The Labute approximate surface area is 150 Å². The Morgan fingerprint density at radius 3 is 2.78 bits per heavy atom. The van der Waals surface area contributed by atoms with Crippen LogP contribution in [-0.2, 0) is 11.3 Å². The van der Waals surface area contributed by atoms with E-state index in [1.54, 1.807) is 0 Å². The average Bonchev–Trinajstić information content (AvgIpc) is 3.08. The molecular formula is C16H26Cl2N4O. The Hall–Kier alpha value is -1.04. The lowest BCUT2D eigenvalue weighted by Crippen LogP contribution is -2.40. The number of hydrogen-bond acceptors (Lipinski definition) is 4. The van der Waals surface area contributed by atoms with Gasteiger partial charge in [-0.1, -0.05) is 0 Å². The van der Waals surface area contributed by atoms with E-state index in [1.165, 1.54) is 12.8 Å². The molecule has 2 aliphatic heterocycles. The summed E-state index contributed by atoms with van der Waals surface area (Å²) in [6.45, 7) is 4.63. The molecule has 0 radical (unpaired) electrons. The first kappa shape index (κ1) is 20.0. The van der Waals surface area contributed by atoms with E-state index in [-0.39, 0.29) is 36.6 Å². The predicted octanol–water partition coefficient (Wildman–Crippen LogP) is 2.14. The maximum absolute atomic E-state index is 12.1. The molecular weight excluding hydrogens is 335 g/mol. The monoisotopic (exact) mass is 360 g/mol. The zero-order valence-corrected chi connectivity index (χ0v) is 14.9. The van der Waals surface area contributed by atoms with Crippen LogP contribution >= 0.6 is 24.8 Å². The first-order valence-electron chi connectivity index (χ1n) is 8.01. The molecule has 7 heteroatoms. The molecule has 0 aliphatic carbocycles. The summed E-state index contributed by atoms with van der Waals surface area (Å²) in [5.41, 5.74) is 1.13. The van der Waals surface area contributed by atoms with Crippen molar-refractivity contribution in [2.75, 3.05) is 31.1 Å². The maximum Gasteiger partial charge on any atom is 0.224 e. The number of nitrogens with one attached hydrogen (secondary N) is 2. The van der Waals surface area contributed by atoms with Crippen molar-refractivity contribution in [3.05, 3.63) is 23.9 Å². The number of pyridine rings is 1. The van der Waals surface area contributed by atoms with Crippen molar-refractivity contribution in [2.24, 2.45) is 5.92 Å². The van der Waals surface area contributed by atoms with E-state index in [9.17, 15) is 4.79 Å². The summed E-state index contributed by atoms with van der Waals surface area (Å²) in [5.74, 6) is 1.33. The molecule has 2 saturated heterocycles. The van der Waals surface area contributed by atoms with Crippen molar-refractivity contribution in [1.29, 1.82) is 0 Å². The number of halogens is 2. The molecule has 2 N–H and O–H groups in total. The number of piperidine rings is 1. The Morgan fingerprint density at radius 1 is 1.30 bits per heavy atom. The molecule has 130 valence electrons. The number of rotatable bonds is 4. The summed E-state index contributed by atoms with van der Waals surface area (Å²) < 4.78 is 0. The molecule has 3 heterocycles. The highest BCUT2D eigenvalue weighted by molar-refractivity contribution is 5.85. The normalized spacial score (nSPS) is 20.3. The molecule has 0 bridgehead atoms. The van der Waals surface area contributed by atoms with E-state index in [2.05, 4.69) is 26.6 Å². The van der Waals surface area contributed by atoms with E-state index < -0.39 is 0 Å². The Kier molecular flexibility index (Phi) is 8.66. The predicted molar refractivity (Wildman–Crippen MR) is 97.6 cm³/mol. The lowest BCUT2D eigenvalue weighted by Gasteiger charge is -2.22. The zero-order valence-electron chi connectivity index (χ0n) is 13.3. The smallest absolute Gasteiger partial charge is 0.224 e. The van der Waals surface area contributed by atoms with Gasteiger partial charge in [-0.2, -0.15) is 0 Å². The molecule has 1 aromatic heterocycles. The number of nitrogens with zero attached hydrogens (tertiary/aromatic N) is 2. The highest BCUT2D eigenvalue weighted by Crippen LogP contribution is 2.18. The first-order valence-corrected chi connectivity index (χ1v) is 8.01. The number of amides is 1. The van der Waals surface area contributed by atoms with Crippen molar-refractivity contribution in [1.82, 2.24) is 15.6 Å². The second kappa shape index (κ2) is 9.96. The third kappa shape index (κ3) is 5.52. The number of anilines is 1. The summed E-state index contributed by atoms with van der Waals surface area (Å²) in [5, 5.41) is 6.34. The lowest BCUT2D eigenvalue weighted by atomic mass is 9.99. The summed E-state index contributed by atoms with van der Waals surface area (Å²) >= 11 is 0. The molecule has 0 saturated carbocycles. The van der Waals surface area contributed by atoms with Crippen molar-refractivity contribution in [3.63, 3.8) is 0 Å². The van der Waals surface area contributed by atoms with Crippen LogP contribution in [0.5, 0.6) is 0 Å². The molecule has 1 atom stereocenters. The van der Waals surface area contributed by atoms with Crippen molar-refractivity contribution >= 4 is 36.5 Å². The van der Waals surface area contributed by atoms with Gasteiger partial charge >= 0.3 is 0 Å². The fraction of sp³-hybridized carbons (Fsp3) is 0.625. The van der Waals surface area contributed by atoms with Crippen LogP contribution in [0.3, 0.4) is 0 Å². The molecule has 23 heavy (non-hydrogen) atoms. The largest absolute Gasteiger partial charge is 0.357 e. The maximum atomic E-state index is 12.1. The minimum absolute atomic E-state index is 0. The third-order valence-electron chi connectivity index (χ3n) is 4.37. The Balaban J connectivity index is 0.00000132. The molecule has 1 amide bonds. The summed E-state index contributed by atoms with van der Waals surface area (Å²) in [7, 11) is 0. The van der Waals surface area contributed by atoms with Gasteiger partial charge in [-0.3, -0.25) is 4.79 Å². The Bertz CT molecular complexity index is 489. The van der Waals surface area contributed by atoms with Gasteiger partial charge in [0.15, 0.2) is 0 Å². The van der Waals surface area contributed by atoms with Crippen LogP contribution in [0.2, 0.25) is 0 Å². The highest BCUT2D eigenvalue weighted by Gasteiger charge is 2.20. The van der Waals surface area contributed by atoms with Crippen LogP contribution in [0, 0.1) is 5.92 Å². The minimum Gasteiger partial charge on any atom is -0.357 e. The highest BCUT2D eigenvalue weighted by atomic mass is 35.5. The van der Waals surface area contributed by atoms with Crippen LogP contribution in [0.1, 0.15) is 31.2 Å². The van der Waals surface area contributed by atoms with Gasteiger partial charge in [-0.25, -0.2) is 4.98 Å². The molecule has 0 spiro atoms. The molecule has 1 aromatic rings. The molecule has 5 nitrogen and oxygen atoms in total. The van der Waals surface area contributed by atoms with Gasteiger partial charge in [-0.05, 0) is 49.9 Å². The number of carbonyl (C=O) groups is 1. The van der Waals surface area contributed by atoms with E-state index in [1.807, 2.05) is 12.3 Å². The second-order valence-corrected chi connectivity index (χ2v) is 5.98. The second-order valence-electron chi connectivity index (χ2n) is 5.98. The van der Waals surface area contributed by atoms with Gasteiger partial charge in [-0.15, -0.1) is 24.8 Å². The van der Waals surface area contributed by atoms with Crippen molar-refractivity contribution in [2.45, 2.75) is 32.2 Å². The van der Waals surface area contributed by atoms with Crippen LogP contribution in [0.15, 0.2) is 18.3 Å². The molecule has 2 fully saturated rings. The van der Waals surface area contributed by atoms with Crippen LogP contribution in [0.4, 0.5) is 5.82 Å². The number of aromatic nitrogens is 1. The Morgan fingerprint density at radius 2 is 2.09 bits per heavy atom. The van der Waals surface area contributed by atoms with E-state index >= 15 is 0 Å². The fourth-order valence-electron chi connectivity index (χ4n) is 3.10. The number of carbonyl (C=O) groups excluding carboxylic acids is 1. The minimum atomic E-state index is 0. The molecule has 3 rings (SSSR count). The van der Waals surface area contributed by atoms with Gasteiger partial charge in [0.1, 0.15) is 5.82 Å². The van der Waals surface area contributed by atoms with E-state index in [0.29, 0.717) is 6.54 Å². The van der Waals surface area contributed by atoms with Crippen molar-refractivity contribution < 1.29 is 4.79 Å². The van der Waals surface area contributed by atoms with E-state index in [4.69, 9.17) is 0 Å². The van der Waals surface area contributed by atoms with Gasteiger partial charge < -0.3 is 15.5 Å². The standard InChI is InChI=1S/C16H24N4O.2ClH/c21-16(14-4-3-6-17-12-14)19-11-13-5-7-18-15(10-13)20-8-1-2-9-20;;/h5,7,10,14,17H,1-4,6,8-9,11-12H2,(H,19,21);2*1H.